The number of halogens is 4. The molecular formula is C13H6Cl2F2N2. The number of nitriles is 1. The van der Waals surface area contributed by atoms with E-state index in [0.29, 0.717) is 16.8 Å². The number of hydrogen-bond donors (Lipinski definition) is 1. The second kappa shape index (κ2) is 5.43. The van der Waals surface area contributed by atoms with Crippen LogP contribution in [0.1, 0.15) is 5.56 Å². The van der Waals surface area contributed by atoms with E-state index >= 15 is 0 Å². The van der Waals surface area contributed by atoms with Crippen molar-refractivity contribution < 1.29 is 8.78 Å². The van der Waals surface area contributed by atoms with E-state index in [9.17, 15) is 8.78 Å². The molecule has 6 heteroatoms. The molecule has 0 saturated heterocycles. The smallest absolute Gasteiger partial charge is 0.151 e. The highest BCUT2D eigenvalue weighted by molar-refractivity contribution is 6.33. The summed E-state index contributed by atoms with van der Waals surface area (Å²) in [5.74, 6) is -1.63. The summed E-state index contributed by atoms with van der Waals surface area (Å²) >= 11 is 11.6. The Morgan fingerprint density at radius 2 is 1.84 bits per heavy atom. The van der Waals surface area contributed by atoms with Crippen LogP contribution in [-0.2, 0) is 0 Å². The first-order chi connectivity index (χ1) is 9.01. The van der Waals surface area contributed by atoms with Gasteiger partial charge in [-0.05, 0) is 24.3 Å². The minimum atomic E-state index is -0.853. The molecular weight excluding hydrogens is 293 g/mol. The predicted molar refractivity (Wildman–Crippen MR) is 70.8 cm³/mol. The molecule has 2 aromatic rings. The number of nitrogens with zero attached hydrogens (tertiary/aromatic N) is 1. The van der Waals surface area contributed by atoms with Crippen LogP contribution in [0.25, 0.3) is 0 Å². The van der Waals surface area contributed by atoms with Crippen LogP contribution in [-0.4, -0.2) is 0 Å². The van der Waals surface area contributed by atoms with Crippen LogP contribution >= 0.6 is 23.2 Å². The molecule has 0 spiro atoms. The second-order valence-electron chi connectivity index (χ2n) is 3.67. The van der Waals surface area contributed by atoms with Gasteiger partial charge in [-0.25, -0.2) is 8.78 Å². The van der Waals surface area contributed by atoms with Crippen LogP contribution in [0.15, 0.2) is 30.3 Å². The van der Waals surface area contributed by atoms with E-state index in [1.165, 1.54) is 18.2 Å². The molecule has 0 heterocycles. The zero-order valence-corrected chi connectivity index (χ0v) is 10.9. The van der Waals surface area contributed by atoms with Gasteiger partial charge in [-0.3, -0.25) is 0 Å². The first-order valence-corrected chi connectivity index (χ1v) is 5.88. The van der Waals surface area contributed by atoms with Gasteiger partial charge in [0.25, 0.3) is 0 Å². The summed E-state index contributed by atoms with van der Waals surface area (Å²) in [7, 11) is 0. The summed E-state index contributed by atoms with van der Waals surface area (Å²) in [4.78, 5) is 0. The van der Waals surface area contributed by atoms with Crippen molar-refractivity contribution in [3.05, 3.63) is 57.6 Å². The van der Waals surface area contributed by atoms with Crippen LogP contribution in [0.3, 0.4) is 0 Å². The SMILES string of the molecule is N#Cc1ccc(Cl)cc1Nc1c(F)cc(F)cc1Cl. The van der Waals surface area contributed by atoms with Gasteiger partial charge in [0.05, 0.1) is 22.0 Å². The summed E-state index contributed by atoms with van der Waals surface area (Å²) in [5, 5.41) is 11.8. The van der Waals surface area contributed by atoms with Gasteiger partial charge in [0.2, 0.25) is 0 Å². The molecule has 2 aromatic carbocycles. The average Bonchev–Trinajstić information content (AvgIpc) is 2.34. The van der Waals surface area contributed by atoms with E-state index in [2.05, 4.69) is 5.32 Å². The van der Waals surface area contributed by atoms with Gasteiger partial charge in [0, 0.05) is 11.1 Å². The van der Waals surface area contributed by atoms with Crippen LogP contribution in [0.4, 0.5) is 20.2 Å². The predicted octanol–water partition coefficient (Wildman–Crippen LogP) is 4.89. The molecule has 96 valence electrons. The molecule has 0 aliphatic carbocycles. The number of anilines is 2. The number of nitrogens with one attached hydrogen (secondary N) is 1. The number of hydrogen-bond acceptors (Lipinski definition) is 2. The third-order valence-corrected chi connectivity index (χ3v) is 2.90. The molecule has 0 amide bonds. The van der Waals surface area contributed by atoms with Crippen molar-refractivity contribution >= 4 is 34.6 Å². The van der Waals surface area contributed by atoms with Gasteiger partial charge in [-0.2, -0.15) is 5.26 Å². The zero-order valence-electron chi connectivity index (χ0n) is 9.35. The van der Waals surface area contributed by atoms with Crippen molar-refractivity contribution in [2.45, 2.75) is 0 Å². The van der Waals surface area contributed by atoms with Gasteiger partial charge >= 0.3 is 0 Å². The van der Waals surface area contributed by atoms with Crippen molar-refractivity contribution in [2.75, 3.05) is 5.32 Å². The molecule has 0 aliphatic rings. The van der Waals surface area contributed by atoms with Crippen molar-refractivity contribution in [3.63, 3.8) is 0 Å². The van der Waals surface area contributed by atoms with E-state index in [1.807, 2.05) is 6.07 Å². The summed E-state index contributed by atoms with van der Waals surface area (Å²) in [5.41, 5.74) is 0.452. The standard InChI is InChI=1S/C13H6Cl2F2N2/c14-8-2-1-7(6-18)12(3-8)19-13-10(15)4-9(16)5-11(13)17/h1-5,19H. The summed E-state index contributed by atoms with van der Waals surface area (Å²) < 4.78 is 26.6. The average molecular weight is 299 g/mol. The van der Waals surface area contributed by atoms with Crippen LogP contribution in [0.2, 0.25) is 10.0 Å². The highest BCUT2D eigenvalue weighted by atomic mass is 35.5. The van der Waals surface area contributed by atoms with Gasteiger partial charge in [0.15, 0.2) is 5.82 Å². The zero-order chi connectivity index (χ0) is 14.0. The van der Waals surface area contributed by atoms with E-state index in [-0.39, 0.29) is 16.3 Å². The van der Waals surface area contributed by atoms with Gasteiger partial charge in [-0.15, -0.1) is 0 Å². The van der Waals surface area contributed by atoms with Gasteiger partial charge in [0.1, 0.15) is 11.9 Å². The molecule has 0 atom stereocenters. The Bertz CT molecular complexity index is 658. The molecule has 0 aromatic heterocycles. The number of benzene rings is 2. The molecule has 1 N–H and O–H groups in total. The Morgan fingerprint density at radius 3 is 2.47 bits per heavy atom. The van der Waals surface area contributed by atoms with Crippen LogP contribution < -0.4 is 5.32 Å². The normalized spacial score (nSPS) is 10.1. The van der Waals surface area contributed by atoms with E-state index in [0.717, 1.165) is 6.07 Å². The van der Waals surface area contributed by atoms with Crippen molar-refractivity contribution in [2.24, 2.45) is 0 Å². The summed E-state index contributed by atoms with van der Waals surface area (Å²) in [6.07, 6.45) is 0. The maximum atomic E-state index is 13.6. The fourth-order valence-corrected chi connectivity index (χ4v) is 1.93. The highest BCUT2D eigenvalue weighted by Gasteiger charge is 2.12. The summed E-state index contributed by atoms with van der Waals surface area (Å²) in [6.45, 7) is 0. The highest BCUT2D eigenvalue weighted by Crippen LogP contribution is 2.31. The van der Waals surface area contributed by atoms with Gasteiger partial charge in [-0.1, -0.05) is 23.2 Å². The topological polar surface area (TPSA) is 35.8 Å². The first-order valence-electron chi connectivity index (χ1n) is 5.12. The number of rotatable bonds is 2. The molecule has 0 saturated carbocycles. The fraction of sp³-hybridized carbons (Fsp3) is 0. The first kappa shape index (κ1) is 13.6. The van der Waals surface area contributed by atoms with E-state index in [4.69, 9.17) is 28.5 Å². The lowest BCUT2D eigenvalue weighted by atomic mass is 10.2. The quantitative estimate of drug-likeness (QED) is 0.857. The Labute approximate surface area is 118 Å². The van der Waals surface area contributed by atoms with Crippen molar-refractivity contribution in [3.8, 4) is 6.07 Å². The Balaban J connectivity index is 2.48. The lowest BCUT2D eigenvalue weighted by molar-refractivity contribution is 0.586. The molecule has 0 aliphatic heterocycles. The third-order valence-electron chi connectivity index (χ3n) is 2.37. The molecule has 0 radical (unpaired) electrons. The maximum absolute atomic E-state index is 13.6. The van der Waals surface area contributed by atoms with E-state index in [1.54, 1.807) is 0 Å². The molecule has 2 rings (SSSR count). The van der Waals surface area contributed by atoms with Gasteiger partial charge < -0.3 is 5.32 Å². The fourth-order valence-electron chi connectivity index (χ4n) is 1.51. The Hall–Kier alpha value is -1.83. The Morgan fingerprint density at radius 1 is 1.11 bits per heavy atom. The van der Waals surface area contributed by atoms with E-state index < -0.39 is 11.6 Å². The minimum absolute atomic E-state index is 0.109. The molecule has 2 nitrogen and oxygen atoms in total. The Kier molecular flexibility index (Phi) is 3.89. The van der Waals surface area contributed by atoms with Crippen LogP contribution in [0, 0.1) is 23.0 Å². The lowest BCUT2D eigenvalue weighted by Crippen LogP contribution is -1.98. The van der Waals surface area contributed by atoms with Crippen molar-refractivity contribution in [1.29, 1.82) is 5.26 Å². The second-order valence-corrected chi connectivity index (χ2v) is 4.51. The maximum Gasteiger partial charge on any atom is 0.151 e. The van der Waals surface area contributed by atoms with Crippen molar-refractivity contribution in [1.82, 2.24) is 0 Å². The molecule has 0 unspecified atom stereocenters. The molecule has 19 heavy (non-hydrogen) atoms. The third kappa shape index (κ3) is 2.95. The van der Waals surface area contributed by atoms with Crippen LogP contribution in [0.5, 0.6) is 0 Å². The molecule has 0 fully saturated rings. The monoisotopic (exact) mass is 298 g/mol. The summed E-state index contributed by atoms with van der Waals surface area (Å²) in [6, 6.07) is 8.09. The minimum Gasteiger partial charge on any atom is -0.351 e. The largest absolute Gasteiger partial charge is 0.351 e. The molecule has 0 bridgehead atoms. The lowest BCUT2D eigenvalue weighted by Gasteiger charge is -2.11.